The molecule has 0 bridgehead atoms. The standard InChI is InChI=1S/C17H23F2N/c18-15-7-4-8-16(19)17(15)14-6-3-1-2-5-12(14)11-20-13-9-10-13/h4,7-8,12-14,20H,1-3,5-6,9-11H2. The number of hydrogen-bond donors (Lipinski definition) is 1. The predicted molar refractivity (Wildman–Crippen MR) is 76.7 cm³/mol. The minimum absolute atomic E-state index is 0.0324. The minimum atomic E-state index is -0.367. The van der Waals surface area contributed by atoms with Crippen LogP contribution >= 0.6 is 0 Å². The summed E-state index contributed by atoms with van der Waals surface area (Å²) in [4.78, 5) is 0. The van der Waals surface area contributed by atoms with E-state index in [4.69, 9.17) is 0 Å². The molecule has 0 radical (unpaired) electrons. The molecule has 2 atom stereocenters. The Kier molecular flexibility index (Phi) is 4.35. The lowest BCUT2D eigenvalue weighted by atomic mass is 9.81. The van der Waals surface area contributed by atoms with Crippen molar-refractivity contribution in [2.24, 2.45) is 5.92 Å². The highest BCUT2D eigenvalue weighted by molar-refractivity contribution is 5.25. The highest BCUT2D eigenvalue weighted by Crippen LogP contribution is 2.39. The van der Waals surface area contributed by atoms with E-state index in [1.165, 1.54) is 43.9 Å². The largest absolute Gasteiger partial charge is 0.314 e. The average molecular weight is 279 g/mol. The van der Waals surface area contributed by atoms with Crippen LogP contribution in [0.1, 0.15) is 56.4 Å². The summed E-state index contributed by atoms with van der Waals surface area (Å²) in [6.45, 7) is 0.906. The van der Waals surface area contributed by atoms with Crippen molar-refractivity contribution in [3.05, 3.63) is 35.4 Å². The first-order chi connectivity index (χ1) is 9.75. The number of benzene rings is 1. The van der Waals surface area contributed by atoms with E-state index in [0.29, 0.717) is 17.5 Å². The lowest BCUT2D eigenvalue weighted by molar-refractivity contribution is 0.355. The van der Waals surface area contributed by atoms with Crippen molar-refractivity contribution in [1.82, 2.24) is 5.32 Å². The van der Waals surface area contributed by atoms with Crippen LogP contribution in [-0.2, 0) is 0 Å². The molecule has 0 aromatic heterocycles. The van der Waals surface area contributed by atoms with Crippen LogP contribution in [0.5, 0.6) is 0 Å². The van der Waals surface area contributed by atoms with E-state index in [-0.39, 0.29) is 17.6 Å². The predicted octanol–water partition coefficient (Wildman–Crippen LogP) is 4.38. The maximum Gasteiger partial charge on any atom is 0.129 e. The minimum Gasteiger partial charge on any atom is -0.314 e. The number of rotatable bonds is 4. The normalized spacial score (nSPS) is 27.3. The Labute approximate surface area is 119 Å². The molecule has 0 aliphatic heterocycles. The van der Waals surface area contributed by atoms with E-state index < -0.39 is 0 Å². The lowest BCUT2D eigenvalue weighted by Crippen LogP contribution is -2.29. The number of halogens is 2. The Hall–Kier alpha value is -0.960. The molecule has 2 aliphatic carbocycles. The molecule has 2 unspecified atom stereocenters. The van der Waals surface area contributed by atoms with Gasteiger partial charge in [-0.25, -0.2) is 8.78 Å². The third kappa shape index (κ3) is 3.20. The smallest absolute Gasteiger partial charge is 0.129 e. The topological polar surface area (TPSA) is 12.0 Å². The highest BCUT2D eigenvalue weighted by Gasteiger charge is 2.31. The molecule has 3 rings (SSSR count). The molecule has 2 aliphatic rings. The summed E-state index contributed by atoms with van der Waals surface area (Å²) in [7, 11) is 0. The molecule has 2 saturated carbocycles. The Morgan fingerprint density at radius 3 is 2.35 bits per heavy atom. The molecule has 1 aromatic carbocycles. The second-order valence-electron chi connectivity index (χ2n) is 6.32. The molecule has 2 fully saturated rings. The van der Waals surface area contributed by atoms with Crippen LogP contribution in [0, 0.1) is 17.6 Å². The number of nitrogens with one attached hydrogen (secondary N) is 1. The SMILES string of the molecule is Fc1cccc(F)c1C1CCCCCC1CNC1CC1. The van der Waals surface area contributed by atoms with Crippen LogP contribution in [0.25, 0.3) is 0 Å². The van der Waals surface area contributed by atoms with Gasteiger partial charge < -0.3 is 5.32 Å². The first-order valence-electron chi connectivity index (χ1n) is 7.93. The van der Waals surface area contributed by atoms with E-state index >= 15 is 0 Å². The second kappa shape index (κ2) is 6.21. The molecule has 0 spiro atoms. The van der Waals surface area contributed by atoms with Gasteiger partial charge in [-0.1, -0.05) is 25.3 Å². The van der Waals surface area contributed by atoms with Crippen molar-refractivity contribution in [2.75, 3.05) is 6.54 Å². The van der Waals surface area contributed by atoms with Gasteiger partial charge in [0.2, 0.25) is 0 Å². The van der Waals surface area contributed by atoms with Gasteiger partial charge in [0.15, 0.2) is 0 Å². The first kappa shape index (κ1) is 14.0. The zero-order valence-electron chi connectivity index (χ0n) is 11.9. The molecule has 110 valence electrons. The zero-order chi connectivity index (χ0) is 13.9. The van der Waals surface area contributed by atoms with Crippen molar-refractivity contribution in [1.29, 1.82) is 0 Å². The Morgan fingerprint density at radius 1 is 0.950 bits per heavy atom. The van der Waals surface area contributed by atoms with Crippen molar-refractivity contribution in [2.45, 2.75) is 56.9 Å². The fourth-order valence-corrected chi connectivity index (χ4v) is 3.48. The van der Waals surface area contributed by atoms with E-state index in [1.54, 1.807) is 0 Å². The Bertz CT molecular complexity index is 436. The van der Waals surface area contributed by atoms with Gasteiger partial charge in [0, 0.05) is 11.6 Å². The van der Waals surface area contributed by atoms with E-state index in [1.807, 2.05) is 0 Å². The molecule has 3 heteroatoms. The summed E-state index contributed by atoms with van der Waals surface area (Å²) in [5.41, 5.74) is 0.331. The summed E-state index contributed by atoms with van der Waals surface area (Å²) < 4.78 is 28.2. The van der Waals surface area contributed by atoms with E-state index in [2.05, 4.69) is 5.32 Å². The molecule has 1 nitrogen and oxygen atoms in total. The summed E-state index contributed by atoms with van der Waals surface area (Å²) in [5, 5.41) is 3.55. The molecule has 0 heterocycles. The quantitative estimate of drug-likeness (QED) is 0.806. The second-order valence-corrected chi connectivity index (χ2v) is 6.32. The Balaban J connectivity index is 1.81. The fraction of sp³-hybridized carbons (Fsp3) is 0.647. The highest BCUT2D eigenvalue weighted by atomic mass is 19.1. The molecule has 1 aromatic rings. The summed E-state index contributed by atoms with van der Waals surface area (Å²) in [5.74, 6) is -0.337. The van der Waals surface area contributed by atoms with Crippen LogP contribution in [0.4, 0.5) is 8.78 Å². The Morgan fingerprint density at radius 2 is 1.65 bits per heavy atom. The van der Waals surface area contributed by atoms with Crippen molar-refractivity contribution < 1.29 is 8.78 Å². The average Bonchev–Trinajstić information content (AvgIpc) is 3.24. The van der Waals surface area contributed by atoms with Crippen molar-refractivity contribution in [3.8, 4) is 0 Å². The van der Waals surface area contributed by atoms with Gasteiger partial charge in [-0.05, 0) is 56.2 Å². The molecule has 0 amide bonds. The van der Waals surface area contributed by atoms with Gasteiger partial charge in [-0.3, -0.25) is 0 Å². The monoisotopic (exact) mass is 279 g/mol. The molecular weight excluding hydrogens is 256 g/mol. The van der Waals surface area contributed by atoms with Gasteiger partial charge in [-0.2, -0.15) is 0 Å². The van der Waals surface area contributed by atoms with Crippen LogP contribution < -0.4 is 5.32 Å². The van der Waals surface area contributed by atoms with E-state index in [9.17, 15) is 8.78 Å². The van der Waals surface area contributed by atoms with Crippen molar-refractivity contribution in [3.63, 3.8) is 0 Å². The van der Waals surface area contributed by atoms with Crippen LogP contribution in [0.15, 0.2) is 18.2 Å². The molecular formula is C17H23F2N. The van der Waals surface area contributed by atoms with Gasteiger partial charge >= 0.3 is 0 Å². The lowest BCUT2D eigenvalue weighted by Gasteiger charge is -2.26. The molecule has 20 heavy (non-hydrogen) atoms. The molecule has 1 N–H and O–H groups in total. The maximum absolute atomic E-state index is 14.1. The maximum atomic E-state index is 14.1. The van der Waals surface area contributed by atoms with Gasteiger partial charge in [-0.15, -0.1) is 0 Å². The number of hydrogen-bond acceptors (Lipinski definition) is 1. The third-order valence-corrected chi connectivity index (χ3v) is 4.78. The third-order valence-electron chi connectivity index (χ3n) is 4.78. The van der Waals surface area contributed by atoms with Crippen LogP contribution in [-0.4, -0.2) is 12.6 Å². The summed E-state index contributed by atoms with van der Waals surface area (Å²) >= 11 is 0. The summed E-state index contributed by atoms with van der Waals surface area (Å²) in [6, 6.07) is 4.91. The van der Waals surface area contributed by atoms with Gasteiger partial charge in [0.25, 0.3) is 0 Å². The van der Waals surface area contributed by atoms with Gasteiger partial charge in [0.05, 0.1) is 0 Å². The van der Waals surface area contributed by atoms with Gasteiger partial charge in [0.1, 0.15) is 11.6 Å². The zero-order valence-corrected chi connectivity index (χ0v) is 11.9. The van der Waals surface area contributed by atoms with Crippen molar-refractivity contribution >= 4 is 0 Å². The first-order valence-corrected chi connectivity index (χ1v) is 7.93. The van der Waals surface area contributed by atoms with Crippen LogP contribution in [0.2, 0.25) is 0 Å². The van der Waals surface area contributed by atoms with E-state index in [0.717, 1.165) is 25.8 Å². The fourth-order valence-electron chi connectivity index (χ4n) is 3.48. The molecule has 0 saturated heterocycles. The van der Waals surface area contributed by atoms with Crippen LogP contribution in [0.3, 0.4) is 0 Å². The summed E-state index contributed by atoms with van der Waals surface area (Å²) in [6.07, 6.45) is 7.96.